The zero-order valence-corrected chi connectivity index (χ0v) is 10.5. The van der Waals surface area contributed by atoms with Crippen LogP contribution in [0.1, 0.15) is 12.0 Å². The van der Waals surface area contributed by atoms with Crippen LogP contribution in [-0.2, 0) is 28.4 Å². The standard InChI is InChI=1S/C9H15N3O4S/c1-11-6-8(5-10-11)7-12(2)17(15,16)4-3-9(13)14/h5-6H,3-4,7H2,1-2H3,(H,13,14). The first kappa shape index (κ1) is 13.7. The maximum absolute atomic E-state index is 11.7. The molecule has 0 aliphatic carbocycles. The maximum Gasteiger partial charge on any atom is 0.304 e. The molecule has 0 atom stereocenters. The summed E-state index contributed by atoms with van der Waals surface area (Å²) >= 11 is 0. The van der Waals surface area contributed by atoms with Gasteiger partial charge >= 0.3 is 5.97 Å². The normalized spacial score (nSPS) is 11.9. The quantitative estimate of drug-likeness (QED) is 0.756. The predicted octanol–water partition coefficient (Wildman–Crippen LogP) is -0.344. The molecule has 0 aliphatic rings. The smallest absolute Gasteiger partial charge is 0.304 e. The third-order valence-electron chi connectivity index (χ3n) is 2.21. The van der Waals surface area contributed by atoms with E-state index < -0.39 is 16.0 Å². The van der Waals surface area contributed by atoms with Crippen molar-refractivity contribution < 1.29 is 18.3 Å². The lowest BCUT2D eigenvalue weighted by Gasteiger charge is -2.15. The second-order valence-corrected chi connectivity index (χ2v) is 5.93. The summed E-state index contributed by atoms with van der Waals surface area (Å²) in [7, 11) is -0.369. The molecule has 0 saturated carbocycles. The zero-order chi connectivity index (χ0) is 13.1. The van der Waals surface area contributed by atoms with Crippen molar-refractivity contribution in [3.8, 4) is 0 Å². The monoisotopic (exact) mass is 261 g/mol. The number of hydrogen-bond donors (Lipinski definition) is 1. The summed E-state index contributed by atoms with van der Waals surface area (Å²) in [6.07, 6.45) is 2.89. The van der Waals surface area contributed by atoms with Gasteiger partial charge in [0.2, 0.25) is 10.0 Å². The van der Waals surface area contributed by atoms with Gasteiger partial charge in [-0.05, 0) is 0 Å². The summed E-state index contributed by atoms with van der Waals surface area (Å²) in [5.74, 6) is -1.51. The van der Waals surface area contributed by atoms with E-state index in [0.29, 0.717) is 0 Å². The highest BCUT2D eigenvalue weighted by molar-refractivity contribution is 7.89. The number of carboxylic acid groups (broad SMARTS) is 1. The Bertz CT molecular complexity index is 494. The number of carbonyl (C=O) groups is 1. The zero-order valence-electron chi connectivity index (χ0n) is 9.70. The van der Waals surface area contributed by atoms with Gasteiger partial charge in [0.1, 0.15) is 0 Å². The molecule has 1 N–H and O–H groups in total. The largest absolute Gasteiger partial charge is 0.481 e. The molecule has 96 valence electrons. The number of rotatable bonds is 6. The molecule has 0 fully saturated rings. The van der Waals surface area contributed by atoms with Crippen LogP contribution in [0.4, 0.5) is 0 Å². The summed E-state index contributed by atoms with van der Waals surface area (Å²) in [6, 6.07) is 0. The average Bonchev–Trinajstić information content (AvgIpc) is 2.61. The Morgan fingerprint density at radius 1 is 1.59 bits per heavy atom. The van der Waals surface area contributed by atoms with E-state index in [-0.39, 0.29) is 18.7 Å². The molecule has 7 nitrogen and oxygen atoms in total. The highest BCUT2D eigenvalue weighted by Gasteiger charge is 2.19. The Morgan fingerprint density at radius 3 is 2.71 bits per heavy atom. The van der Waals surface area contributed by atoms with Gasteiger partial charge in [-0.1, -0.05) is 0 Å². The minimum atomic E-state index is -3.53. The van der Waals surface area contributed by atoms with Crippen LogP contribution in [0.2, 0.25) is 0 Å². The Hall–Kier alpha value is -1.41. The van der Waals surface area contributed by atoms with Crippen molar-refractivity contribution in [3.63, 3.8) is 0 Å². The highest BCUT2D eigenvalue weighted by atomic mass is 32.2. The molecule has 0 saturated heterocycles. The molecule has 0 radical (unpaired) electrons. The Kier molecular flexibility index (Phi) is 4.24. The lowest BCUT2D eigenvalue weighted by Crippen LogP contribution is -2.29. The van der Waals surface area contributed by atoms with Crippen LogP contribution in [0.15, 0.2) is 12.4 Å². The number of aromatic nitrogens is 2. The van der Waals surface area contributed by atoms with Gasteiger partial charge in [0.15, 0.2) is 0 Å². The maximum atomic E-state index is 11.7. The molecule has 1 aromatic rings. The second-order valence-electron chi connectivity index (χ2n) is 3.74. The van der Waals surface area contributed by atoms with Gasteiger partial charge in [-0.25, -0.2) is 12.7 Å². The van der Waals surface area contributed by atoms with Gasteiger partial charge in [-0.15, -0.1) is 0 Å². The van der Waals surface area contributed by atoms with E-state index in [1.54, 1.807) is 24.1 Å². The number of aryl methyl sites for hydroxylation is 1. The van der Waals surface area contributed by atoms with Crippen LogP contribution in [0, 0.1) is 0 Å². The molecule has 8 heteroatoms. The van der Waals surface area contributed by atoms with E-state index in [2.05, 4.69) is 5.10 Å². The van der Waals surface area contributed by atoms with Crippen LogP contribution in [0.3, 0.4) is 0 Å². The van der Waals surface area contributed by atoms with E-state index in [1.807, 2.05) is 0 Å². The van der Waals surface area contributed by atoms with Crippen LogP contribution >= 0.6 is 0 Å². The minimum absolute atomic E-state index is 0.190. The molecule has 1 aromatic heterocycles. The first-order valence-electron chi connectivity index (χ1n) is 4.94. The number of nitrogens with zero attached hydrogens (tertiary/aromatic N) is 3. The van der Waals surface area contributed by atoms with Gasteiger partial charge in [-0.3, -0.25) is 9.48 Å². The van der Waals surface area contributed by atoms with E-state index in [1.165, 1.54) is 7.05 Å². The van der Waals surface area contributed by atoms with Crippen molar-refractivity contribution in [3.05, 3.63) is 18.0 Å². The van der Waals surface area contributed by atoms with E-state index in [4.69, 9.17) is 5.11 Å². The number of carboxylic acids is 1. The molecule has 1 heterocycles. The third-order valence-corrected chi connectivity index (χ3v) is 4.01. The van der Waals surface area contributed by atoms with Gasteiger partial charge < -0.3 is 5.11 Å². The van der Waals surface area contributed by atoms with Gasteiger partial charge in [0.05, 0.1) is 18.4 Å². The SMILES string of the molecule is CN(Cc1cnn(C)c1)S(=O)(=O)CCC(=O)O. The van der Waals surface area contributed by atoms with Crippen LogP contribution in [0.25, 0.3) is 0 Å². The first-order chi connectivity index (χ1) is 7.81. The fourth-order valence-electron chi connectivity index (χ4n) is 1.28. The molecule has 0 aliphatic heterocycles. The van der Waals surface area contributed by atoms with E-state index >= 15 is 0 Å². The fraction of sp³-hybridized carbons (Fsp3) is 0.556. The third kappa shape index (κ3) is 4.16. The summed E-state index contributed by atoms with van der Waals surface area (Å²) < 4.78 is 26.1. The summed E-state index contributed by atoms with van der Waals surface area (Å²) in [5.41, 5.74) is 0.758. The van der Waals surface area contributed by atoms with E-state index in [0.717, 1.165) is 9.87 Å². The predicted molar refractivity (Wildman–Crippen MR) is 60.7 cm³/mol. The van der Waals surface area contributed by atoms with Gasteiger partial charge in [0, 0.05) is 32.4 Å². The fourth-order valence-corrected chi connectivity index (χ4v) is 2.37. The topological polar surface area (TPSA) is 92.5 Å². The second kappa shape index (κ2) is 5.28. The molecule has 0 bridgehead atoms. The molecule has 1 rings (SSSR count). The molecule has 17 heavy (non-hydrogen) atoms. The van der Waals surface area contributed by atoms with Gasteiger partial charge in [0.25, 0.3) is 0 Å². The molecule has 0 amide bonds. The first-order valence-corrected chi connectivity index (χ1v) is 6.55. The molecule has 0 unspecified atom stereocenters. The number of hydrogen-bond acceptors (Lipinski definition) is 4. The minimum Gasteiger partial charge on any atom is -0.481 e. The Labute approximate surface area is 99.7 Å². The van der Waals surface area contributed by atoms with Crippen molar-refractivity contribution in [1.29, 1.82) is 0 Å². The van der Waals surface area contributed by atoms with Crippen molar-refractivity contribution in [2.45, 2.75) is 13.0 Å². The van der Waals surface area contributed by atoms with E-state index in [9.17, 15) is 13.2 Å². The highest BCUT2D eigenvalue weighted by Crippen LogP contribution is 2.07. The molecular weight excluding hydrogens is 246 g/mol. The number of sulfonamides is 1. The van der Waals surface area contributed by atoms with Crippen LogP contribution in [-0.4, -0.2) is 46.4 Å². The molecular formula is C9H15N3O4S. The lowest BCUT2D eigenvalue weighted by molar-refractivity contribution is -0.136. The van der Waals surface area contributed by atoms with Crippen LogP contribution in [0.5, 0.6) is 0 Å². The molecule has 0 aromatic carbocycles. The van der Waals surface area contributed by atoms with Crippen molar-refractivity contribution in [2.75, 3.05) is 12.8 Å². The average molecular weight is 261 g/mol. The summed E-state index contributed by atoms with van der Waals surface area (Å²) in [6.45, 7) is 0.190. The number of aliphatic carboxylic acids is 1. The van der Waals surface area contributed by atoms with Crippen LogP contribution < -0.4 is 0 Å². The van der Waals surface area contributed by atoms with Crippen molar-refractivity contribution >= 4 is 16.0 Å². The Balaban J connectivity index is 2.62. The summed E-state index contributed by atoms with van der Waals surface area (Å²) in [5, 5.41) is 12.4. The van der Waals surface area contributed by atoms with Crippen molar-refractivity contribution in [1.82, 2.24) is 14.1 Å². The molecule has 0 spiro atoms. The van der Waals surface area contributed by atoms with Gasteiger partial charge in [-0.2, -0.15) is 5.10 Å². The van der Waals surface area contributed by atoms with Crippen molar-refractivity contribution in [2.24, 2.45) is 7.05 Å². The summed E-state index contributed by atoms with van der Waals surface area (Å²) in [4.78, 5) is 10.3. The Morgan fingerprint density at radius 2 is 2.24 bits per heavy atom. The lowest BCUT2D eigenvalue weighted by atomic mass is 10.4.